The highest BCUT2D eigenvalue weighted by Crippen LogP contribution is 2.08. The van der Waals surface area contributed by atoms with Gasteiger partial charge in [-0.2, -0.15) is 0 Å². The van der Waals surface area contributed by atoms with Crippen LogP contribution in [0.1, 0.15) is 26.8 Å². The molecule has 6 heteroatoms. The van der Waals surface area contributed by atoms with Crippen LogP contribution in [0.2, 0.25) is 0 Å². The molecule has 0 saturated carbocycles. The number of nitrogens with zero attached hydrogens (tertiary/aromatic N) is 2. The van der Waals surface area contributed by atoms with Gasteiger partial charge in [-0.1, -0.05) is 11.8 Å². The van der Waals surface area contributed by atoms with Gasteiger partial charge in [-0.25, -0.2) is 9.97 Å². The summed E-state index contributed by atoms with van der Waals surface area (Å²) >= 11 is 1.52. The van der Waals surface area contributed by atoms with Crippen LogP contribution in [0.15, 0.2) is 23.7 Å². The van der Waals surface area contributed by atoms with Crippen molar-refractivity contribution < 1.29 is 4.79 Å². The second-order valence-electron chi connectivity index (χ2n) is 4.00. The average molecular weight is 286 g/mol. The van der Waals surface area contributed by atoms with Crippen molar-refractivity contribution in [2.24, 2.45) is 5.73 Å². The van der Waals surface area contributed by atoms with E-state index >= 15 is 0 Å². The summed E-state index contributed by atoms with van der Waals surface area (Å²) in [6, 6.07) is 3.39. The van der Waals surface area contributed by atoms with Crippen LogP contribution in [0.5, 0.6) is 0 Å². The molecule has 0 aliphatic rings. The largest absolute Gasteiger partial charge is 0.344 e. The topological polar surface area (TPSA) is 80.9 Å². The Morgan fingerprint density at radius 1 is 1.50 bits per heavy atom. The zero-order chi connectivity index (χ0) is 14.4. The molecule has 5 nitrogen and oxygen atoms in total. The van der Waals surface area contributed by atoms with Gasteiger partial charge in [0.15, 0.2) is 0 Å². The Bertz CT molecular complexity index is 652. The van der Waals surface area contributed by atoms with Gasteiger partial charge in [-0.05, 0) is 19.1 Å². The average Bonchev–Trinajstić information content (AvgIpc) is 2.89. The van der Waals surface area contributed by atoms with Crippen LogP contribution in [0.3, 0.4) is 0 Å². The summed E-state index contributed by atoms with van der Waals surface area (Å²) in [5.74, 6) is 5.36. The minimum atomic E-state index is -0.226. The van der Waals surface area contributed by atoms with Gasteiger partial charge in [-0.3, -0.25) is 4.79 Å². The molecular weight excluding hydrogens is 272 g/mol. The third kappa shape index (κ3) is 3.88. The van der Waals surface area contributed by atoms with E-state index in [1.165, 1.54) is 11.3 Å². The van der Waals surface area contributed by atoms with Crippen LogP contribution in [-0.4, -0.2) is 22.4 Å². The van der Waals surface area contributed by atoms with E-state index in [-0.39, 0.29) is 5.91 Å². The number of pyridine rings is 1. The molecule has 3 N–H and O–H groups in total. The number of nitrogens with two attached hydrogens (primary N) is 1. The molecule has 0 aromatic carbocycles. The molecule has 2 aromatic rings. The molecule has 0 radical (unpaired) electrons. The summed E-state index contributed by atoms with van der Waals surface area (Å²) in [7, 11) is 0. The van der Waals surface area contributed by atoms with E-state index in [0.29, 0.717) is 18.8 Å². The number of amides is 1. The lowest BCUT2D eigenvalue weighted by atomic mass is 10.2. The standard InChI is InChI=1S/C14H14N4OS/c1-10-9-20-13(18-10)8-17-14(19)12-5-4-11(7-16-12)3-2-6-15/h4-5,7,9H,6,8,15H2,1H3,(H,17,19). The number of carbonyl (C=O) groups excluding carboxylic acids is 1. The maximum atomic E-state index is 11.9. The van der Waals surface area contributed by atoms with Gasteiger partial charge in [0.2, 0.25) is 0 Å². The molecule has 102 valence electrons. The summed E-state index contributed by atoms with van der Waals surface area (Å²) in [6.45, 7) is 2.63. The number of carbonyl (C=O) groups is 1. The lowest BCUT2D eigenvalue weighted by Gasteiger charge is -2.02. The zero-order valence-electron chi connectivity index (χ0n) is 11.0. The SMILES string of the molecule is Cc1csc(CNC(=O)c2ccc(C#CCN)cn2)n1. The van der Waals surface area contributed by atoms with Crippen molar-refractivity contribution in [3.05, 3.63) is 45.7 Å². The van der Waals surface area contributed by atoms with E-state index in [2.05, 4.69) is 27.1 Å². The third-order valence-electron chi connectivity index (χ3n) is 2.40. The maximum Gasteiger partial charge on any atom is 0.270 e. The highest BCUT2D eigenvalue weighted by atomic mass is 32.1. The van der Waals surface area contributed by atoms with Gasteiger partial charge in [0, 0.05) is 22.8 Å². The zero-order valence-corrected chi connectivity index (χ0v) is 11.8. The smallest absolute Gasteiger partial charge is 0.270 e. The lowest BCUT2D eigenvalue weighted by molar-refractivity contribution is 0.0946. The molecule has 0 aliphatic carbocycles. The summed E-state index contributed by atoms with van der Waals surface area (Å²) in [5.41, 5.74) is 7.34. The fourth-order valence-electron chi connectivity index (χ4n) is 1.49. The number of nitrogens with one attached hydrogen (secondary N) is 1. The molecule has 0 fully saturated rings. The van der Waals surface area contributed by atoms with Gasteiger partial charge in [0.25, 0.3) is 5.91 Å². The monoisotopic (exact) mass is 286 g/mol. The Morgan fingerprint density at radius 3 is 2.95 bits per heavy atom. The predicted molar refractivity (Wildman–Crippen MR) is 78.2 cm³/mol. The van der Waals surface area contributed by atoms with Crippen LogP contribution in [0, 0.1) is 18.8 Å². The molecule has 2 heterocycles. The third-order valence-corrected chi connectivity index (χ3v) is 3.36. The summed E-state index contributed by atoms with van der Waals surface area (Å²) in [5, 5.41) is 5.61. The normalized spacial score (nSPS) is 9.70. The van der Waals surface area contributed by atoms with E-state index in [4.69, 9.17) is 5.73 Å². The Hall–Kier alpha value is -2.23. The highest BCUT2D eigenvalue weighted by molar-refractivity contribution is 7.09. The van der Waals surface area contributed by atoms with Crippen molar-refractivity contribution in [3.63, 3.8) is 0 Å². The van der Waals surface area contributed by atoms with Crippen LogP contribution >= 0.6 is 11.3 Å². The van der Waals surface area contributed by atoms with Crippen molar-refractivity contribution in [3.8, 4) is 11.8 Å². The van der Waals surface area contributed by atoms with Gasteiger partial charge in [0.05, 0.1) is 13.1 Å². The van der Waals surface area contributed by atoms with E-state index in [9.17, 15) is 4.79 Å². The molecule has 2 rings (SSSR count). The van der Waals surface area contributed by atoms with Crippen molar-refractivity contribution >= 4 is 17.2 Å². The summed E-state index contributed by atoms with van der Waals surface area (Å²) < 4.78 is 0. The van der Waals surface area contributed by atoms with Crippen LogP contribution in [0.4, 0.5) is 0 Å². The molecule has 20 heavy (non-hydrogen) atoms. The number of aromatic nitrogens is 2. The van der Waals surface area contributed by atoms with Gasteiger partial charge in [0.1, 0.15) is 10.7 Å². The minimum absolute atomic E-state index is 0.226. The summed E-state index contributed by atoms with van der Waals surface area (Å²) in [6.07, 6.45) is 1.56. The first-order chi connectivity index (χ1) is 9.69. The molecule has 0 unspecified atom stereocenters. The Balaban J connectivity index is 1.95. The second kappa shape index (κ2) is 6.80. The van der Waals surface area contributed by atoms with Crippen molar-refractivity contribution in [1.82, 2.24) is 15.3 Å². The number of hydrogen-bond acceptors (Lipinski definition) is 5. The first-order valence-corrected chi connectivity index (χ1v) is 6.91. The van der Waals surface area contributed by atoms with Crippen LogP contribution in [-0.2, 0) is 6.54 Å². The molecule has 2 aromatic heterocycles. The second-order valence-corrected chi connectivity index (χ2v) is 4.95. The Labute approximate surface area is 121 Å². The lowest BCUT2D eigenvalue weighted by Crippen LogP contribution is -2.23. The molecule has 0 saturated heterocycles. The van der Waals surface area contributed by atoms with E-state index in [0.717, 1.165) is 16.3 Å². The molecule has 0 spiro atoms. The molecule has 0 aliphatic heterocycles. The van der Waals surface area contributed by atoms with Gasteiger partial charge < -0.3 is 11.1 Å². The van der Waals surface area contributed by atoms with Crippen molar-refractivity contribution in [1.29, 1.82) is 0 Å². The number of thiazole rings is 1. The number of hydrogen-bond donors (Lipinski definition) is 2. The van der Waals surface area contributed by atoms with Gasteiger partial charge >= 0.3 is 0 Å². The van der Waals surface area contributed by atoms with Crippen LogP contribution in [0.25, 0.3) is 0 Å². The number of rotatable bonds is 3. The molecule has 0 atom stereocenters. The summed E-state index contributed by atoms with van der Waals surface area (Å²) in [4.78, 5) is 20.3. The highest BCUT2D eigenvalue weighted by Gasteiger charge is 2.07. The van der Waals surface area contributed by atoms with Crippen LogP contribution < -0.4 is 11.1 Å². The van der Waals surface area contributed by atoms with E-state index < -0.39 is 0 Å². The Kier molecular flexibility index (Phi) is 4.82. The first-order valence-electron chi connectivity index (χ1n) is 6.03. The van der Waals surface area contributed by atoms with E-state index in [1.807, 2.05) is 12.3 Å². The predicted octanol–water partition coefficient (Wildman–Crippen LogP) is 1.09. The fraction of sp³-hybridized carbons (Fsp3) is 0.214. The Morgan fingerprint density at radius 2 is 2.35 bits per heavy atom. The van der Waals surface area contributed by atoms with Crippen molar-refractivity contribution in [2.45, 2.75) is 13.5 Å². The number of aryl methyl sites for hydroxylation is 1. The quantitative estimate of drug-likeness (QED) is 0.828. The molecule has 1 amide bonds. The first kappa shape index (κ1) is 14.2. The fourth-order valence-corrected chi connectivity index (χ4v) is 2.20. The van der Waals surface area contributed by atoms with Gasteiger partial charge in [-0.15, -0.1) is 11.3 Å². The molecular formula is C14H14N4OS. The van der Waals surface area contributed by atoms with E-state index in [1.54, 1.807) is 18.3 Å². The minimum Gasteiger partial charge on any atom is -0.344 e. The molecule has 0 bridgehead atoms. The van der Waals surface area contributed by atoms with Crippen molar-refractivity contribution in [2.75, 3.05) is 6.54 Å². The maximum absolute atomic E-state index is 11.9.